The third kappa shape index (κ3) is 3.59. The Bertz CT molecular complexity index is 655. The van der Waals surface area contributed by atoms with Gasteiger partial charge in [-0.3, -0.25) is 0 Å². The van der Waals surface area contributed by atoms with Crippen LogP contribution in [-0.2, 0) is 6.61 Å². The lowest BCUT2D eigenvalue weighted by Crippen LogP contribution is -2.06. The third-order valence-electron chi connectivity index (χ3n) is 5.19. The van der Waals surface area contributed by atoms with Gasteiger partial charge in [0.25, 0.3) is 0 Å². The van der Waals surface area contributed by atoms with E-state index < -0.39 is 6.10 Å². The van der Waals surface area contributed by atoms with Crippen LogP contribution in [0.5, 0.6) is 5.75 Å². The van der Waals surface area contributed by atoms with Crippen LogP contribution in [0.4, 0.5) is 0 Å². The van der Waals surface area contributed by atoms with Crippen molar-refractivity contribution in [2.75, 3.05) is 0 Å². The molecule has 124 valence electrons. The van der Waals surface area contributed by atoms with Crippen molar-refractivity contribution in [3.05, 3.63) is 63.2 Å². The first-order chi connectivity index (χ1) is 10.9. The van der Waals surface area contributed by atoms with Crippen molar-refractivity contribution < 1.29 is 9.84 Å². The van der Waals surface area contributed by atoms with E-state index in [0.29, 0.717) is 6.61 Å². The molecule has 2 nitrogen and oxygen atoms in total. The molecule has 0 aliphatic carbocycles. The van der Waals surface area contributed by atoms with Crippen molar-refractivity contribution in [3.8, 4) is 5.75 Å². The first kappa shape index (κ1) is 17.6. The molecule has 1 unspecified atom stereocenters. The summed E-state index contributed by atoms with van der Waals surface area (Å²) in [6, 6.07) is 7.75. The molecule has 2 aromatic carbocycles. The van der Waals surface area contributed by atoms with E-state index >= 15 is 0 Å². The monoisotopic (exact) mass is 312 g/mol. The fourth-order valence-corrected chi connectivity index (χ4v) is 2.97. The lowest BCUT2D eigenvalue weighted by molar-refractivity contribution is 0.173. The summed E-state index contributed by atoms with van der Waals surface area (Å²) in [7, 11) is 0. The Balaban J connectivity index is 2.18. The van der Waals surface area contributed by atoms with E-state index in [9.17, 15) is 5.11 Å². The Labute approximate surface area is 140 Å². The van der Waals surface area contributed by atoms with Crippen LogP contribution in [0.1, 0.15) is 58.4 Å². The average molecular weight is 312 g/mol. The molecule has 2 aromatic rings. The minimum atomic E-state index is -0.393. The number of benzene rings is 2. The topological polar surface area (TPSA) is 29.5 Å². The quantitative estimate of drug-likeness (QED) is 0.817. The standard InChI is InChI=1S/C21H28O2/c1-7-21(22)18-8-10-19(11-9-18)23-12-20-16(5)14(3)13(2)15(4)17(20)6/h8-11,21-22H,7,12H2,1-6H3. The van der Waals surface area contributed by atoms with Gasteiger partial charge in [0.05, 0.1) is 6.10 Å². The molecule has 0 aromatic heterocycles. The molecule has 0 saturated carbocycles. The zero-order valence-corrected chi connectivity index (χ0v) is 15.2. The zero-order valence-electron chi connectivity index (χ0n) is 15.2. The Morgan fingerprint density at radius 1 is 0.826 bits per heavy atom. The van der Waals surface area contributed by atoms with Crippen LogP contribution in [0.25, 0.3) is 0 Å². The maximum absolute atomic E-state index is 9.85. The highest BCUT2D eigenvalue weighted by Gasteiger charge is 2.13. The normalized spacial score (nSPS) is 12.3. The molecule has 0 radical (unpaired) electrons. The number of hydrogen-bond acceptors (Lipinski definition) is 2. The number of aliphatic hydroxyl groups is 1. The van der Waals surface area contributed by atoms with Gasteiger partial charge in [-0.05, 0) is 92.1 Å². The van der Waals surface area contributed by atoms with Gasteiger partial charge in [-0.25, -0.2) is 0 Å². The molecule has 0 fully saturated rings. The van der Waals surface area contributed by atoms with Gasteiger partial charge in [0.2, 0.25) is 0 Å². The van der Waals surface area contributed by atoms with Crippen molar-refractivity contribution >= 4 is 0 Å². The largest absolute Gasteiger partial charge is 0.489 e. The smallest absolute Gasteiger partial charge is 0.119 e. The lowest BCUT2D eigenvalue weighted by atomic mass is 9.90. The maximum atomic E-state index is 9.85. The summed E-state index contributed by atoms with van der Waals surface area (Å²) >= 11 is 0. The van der Waals surface area contributed by atoms with E-state index in [1.165, 1.54) is 33.4 Å². The van der Waals surface area contributed by atoms with Gasteiger partial charge >= 0.3 is 0 Å². The van der Waals surface area contributed by atoms with Gasteiger partial charge in [-0.15, -0.1) is 0 Å². The fourth-order valence-electron chi connectivity index (χ4n) is 2.97. The molecule has 0 aliphatic heterocycles. The van der Waals surface area contributed by atoms with E-state index in [-0.39, 0.29) is 0 Å². The highest BCUT2D eigenvalue weighted by atomic mass is 16.5. The van der Waals surface area contributed by atoms with Gasteiger partial charge in [0.1, 0.15) is 12.4 Å². The summed E-state index contributed by atoms with van der Waals surface area (Å²) in [6.07, 6.45) is 0.330. The van der Waals surface area contributed by atoms with Gasteiger partial charge in [-0.2, -0.15) is 0 Å². The highest BCUT2D eigenvalue weighted by molar-refractivity contribution is 5.49. The van der Waals surface area contributed by atoms with E-state index in [2.05, 4.69) is 34.6 Å². The molecule has 1 atom stereocenters. The lowest BCUT2D eigenvalue weighted by Gasteiger charge is -2.19. The SMILES string of the molecule is CCC(O)c1ccc(OCc2c(C)c(C)c(C)c(C)c2C)cc1. The second-order valence-corrected chi connectivity index (χ2v) is 6.39. The van der Waals surface area contributed by atoms with Crippen molar-refractivity contribution in [3.63, 3.8) is 0 Å². The van der Waals surface area contributed by atoms with E-state index in [1.54, 1.807) is 0 Å². The Morgan fingerprint density at radius 3 is 1.78 bits per heavy atom. The first-order valence-corrected chi connectivity index (χ1v) is 8.33. The van der Waals surface area contributed by atoms with Crippen LogP contribution in [0.3, 0.4) is 0 Å². The van der Waals surface area contributed by atoms with Gasteiger partial charge < -0.3 is 9.84 Å². The molecular formula is C21H28O2. The average Bonchev–Trinajstić information content (AvgIpc) is 2.58. The molecule has 0 aliphatic rings. The molecule has 23 heavy (non-hydrogen) atoms. The van der Waals surface area contributed by atoms with Gasteiger partial charge in [0, 0.05) is 0 Å². The molecule has 0 spiro atoms. The first-order valence-electron chi connectivity index (χ1n) is 8.33. The molecular weight excluding hydrogens is 284 g/mol. The summed E-state index contributed by atoms with van der Waals surface area (Å²) < 4.78 is 5.99. The zero-order chi connectivity index (χ0) is 17.1. The summed E-state index contributed by atoms with van der Waals surface area (Å²) in [6.45, 7) is 13.5. The molecule has 0 saturated heterocycles. The second-order valence-electron chi connectivity index (χ2n) is 6.39. The number of ether oxygens (including phenoxy) is 1. The summed E-state index contributed by atoms with van der Waals surface area (Å²) in [5.41, 5.74) is 8.95. The molecule has 0 heterocycles. The van der Waals surface area contributed by atoms with Crippen molar-refractivity contribution in [1.29, 1.82) is 0 Å². The number of aliphatic hydroxyl groups excluding tert-OH is 1. The molecule has 0 bridgehead atoms. The van der Waals surface area contributed by atoms with Crippen molar-refractivity contribution in [1.82, 2.24) is 0 Å². The van der Waals surface area contributed by atoms with Crippen LogP contribution in [-0.4, -0.2) is 5.11 Å². The van der Waals surface area contributed by atoms with Crippen LogP contribution in [0.15, 0.2) is 24.3 Å². The fraction of sp³-hybridized carbons (Fsp3) is 0.429. The van der Waals surface area contributed by atoms with Crippen molar-refractivity contribution in [2.45, 2.75) is 60.7 Å². The van der Waals surface area contributed by atoms with Crippen LogP contribution >= 0.6 is 0 Å². The summed E-state index contributed by atoms with van der Waals surface area (Å²) in [5.74, 6) is 0.840. The van der Waals surface area contributed by atoms with Crippen LogP contribution in [0, 0.1) is 34.6 Å². The minimum absolute atomic E-state index is 0.393. The third-order valence-corrected chi connectivity index (χ3v) is 5.19. The predicted octanol–water partition coefficient (Wildman–Crippen LogP) is 5.25. The highest BCUT2D eigenvalue weighted by Crippen LogP contribution is 2.27. The predicted molar refractivity (Wildman–Crippen MR) is 96.2 cm³/mol. The summed E-state index contributed by atoms with van der Waals surface area (Å²) in [5, 5.41) is 9.85. The molecule has 1 N–H and O–H groups in total. The Hall–Kier alpha value is -1.80. The Morgan fingerprint density at radius 2 is 1.30 bits per heavy atom. The second kappa shape index (κ2) is 7.18. The summed E-state index contributed by atoms with van der Waals surface area (Å²) in [4.78, 5) is 0. The van der Waals surface area contributed by atoms with Crippen LogP contribution in [0.2, 0.25) is 0 Å². The van der Waals surface area contributed by atoms with Crippen molar-refractivity contribution in [2.24, 2.45) is 0 Å². The van der Waals surface area contributed by atoms with E-state index in [0.717, 1.165) is 17.7 Å². The van der Waals surface area contributed by atoms with E-state index in [4.69, 9.17) is 4.74 Å². The van der Waals surface area contributed by atoms with Crippen LogP contribution < -0.4 is 4.74 Å². The molecule has 0 amide bonds. The number of hydrogen-bond donors (Lipinski definition) is 1. The maximum Gasteiger partial charge on any atom is 0.119 e. The number of rotatable bonds is 5. The Kier molecular flexibility index (Phi) is 5.48. The molecule has 2 heteroatoms. The molecule has 2 rings (SSSR count). The van der Waals surface area contributed by atoms with Gasteiger partial charge in [0.15, 0.2) is 0 Å². The minimum Gasteiger partial charge on any atom is -0.489 e. The van der Waals surface area contributed by atoms with E-state index in [1.807, 2.05) is 31.2 Å². The van der Waals surface area contributed by atoms with Gasteiger partial charge in [-0.1, -0.05) is 19.1 Å².